The van der Waals surface area contributed by atoms with Crippen LogP contribution in [-0.2, 0) is 27.3 Å². The Balaban J connectivity index is 0.000000153. The van der Waals surface area contributed by atoms with Gasteiger partial charge in [0.25, 0.3) is 5.91 Å². The van der Waals surface area contributed by atoms with E-state index in [2.05, 4.69) is 47.2 Å². The van der Waals surface area contributed by atoms with Crippen molar-refractivity contribution in [2.75, 3.05) is 69.3 Å². The lowest BCUT2D eigenvalue weighted by Gasteiger charge is -2.36. The number of hydrogen-bond acceptors (Lipinski definition) is 14. The Morgan fingerprint density at radius 3 is 2.49 bits per heavy atom. The molecule has 18 heteroatoms. The molecule has 9 heterocycles. The molecule has 2 aromatic heterocycles. The fourth-order valence-electron chi connectivity index (χ4n) is 12.0. The van der Waals surface area contributed by atoms with Gasteiger partial charge in [0.05, 0.1) is 12.5 Å². The second kappa shape index (κ2) is 18.9. The molecule has 0 saturated carbocycles. The predicted molar refractivity (Wildman–Crippen MR) is 260 cm³/mol. The van der Waals surface area contributed by atoms with Crippen molar-refractivity contribution >= 4 is 57.0 Å². The molecule has 70 heavy (non-hydrogen) atoms. The third-order valence-electron chi connectivity index (χ3n) is 15.6. The molecule has 7 aliphatic heterocycles. The topological polar surface area (TPSA) is 186 Å². The Bertz CT molecular complexity index is 2880. The van der Waals surface area contributed by atoms with Gasteiger partial charge in [-0.05, 0) is 110 Å². The minimum Gasteiger partial charge on any atom is -0.508 e. The number of fused-ring (bicyclic) bond motifs is 6. The van der Waals surface area contributed by atoms with Crippen LogP contribution in [-0.4, -0.2) is 148 Å². The smallest absolute Gasteiger partial charge is 0.409 e. The van der Waals surface area contributed by atoms with E-state index < -0.39 is 17.8 Å². The molecule has 366 valence electrons. The molecular weight excluding hydrogens is 896 g/mol. The lowest BCUT2D eigenvalue weighted by molar-refractivity contribution is -0.136. The number of carbonyl (C=O) groups is 4. The van der Waals surface area contributed by atoms with Crippen LogP contribution in [0.4, 0.5) is 20.7 Å². The molecule has 3 aromatic carbocycles. The number of aromatic hydroxyl groups is 1. The van der Waals surface area contributed by atoms with E-state index in [1.54, 1.807) is 28.1 Å². The third-order valence-corrected chi connectivity index (χ3v) is 15.6. The van der Waals surface area contributed by atoms with Gasteiger partial charge < -0.3 is 39.5 Å². The van der Waals surface area contributed by atoms with Gasteiger partial charge in [0.1, 0.15) is 35.4 Å². The number of phenolic OH excluding ortho intramolecular Hbond substituents is 1. The maximum absolute atomic E-state index is 16.2. The van der Waals surface area contributed by atoms with Crippen LogP contribution in [0.2, 0.25) is 0 Å². The monoisotopic (exact) mass is 954 g/mol. The number of anilines is 2. The maximum atomic E-state index is 16.2. The predicted octanol–water partition coefficient (Wildman–Crippen LogP) is 5.53. The minimum absolute atomic E-state index is 0.0642. The van der Waals surface area contributed by atoms with Gasteiger partial charge in [-0.2, -0.15) is 9.97 Å². The van der Waals surface area contributed by atoms with Crippen LogP contribution in [0.15, 0.2) is 54.7 Å². The standard InChI is InChI=1S/C26H26FN5O2.C26H33N5O5/c1-3-14-5-4-6-15-9-18(33)10-19(21(14)15)23-22(27)24-20(11-28-23)25(31-26(30-24)34-2)32-12-16-7-8-17(13-32)29-16;32-23-8-7-22(24(33)27-23)31-15-17-14-19(5-6-21(17)25(31)34)28-10-12-29(13-11-28)26(35)36-16-20-4-3-18-2-1-9-30(18)20/h4-6,9-11,16-17,29,33H,3,7-8,12-13H2,1-2H3;5-6,14,18,20,22H,1-4,7-13,15-16H2,(H,27,32,33). The Hall–Kier alpha value is -6.66. The molecule has 2 bridgehead atoms. The molecule has 5 unspecified atom stereocenters. The summed E-state index contributed by atoms with van der Waals surface area (Å²) in [5.74, 6) is -0.688. The van der Waals surface area contributed by atoms with Crippen molar-refractivity contribution in [3.05, 3.63) is 77.2 Å². The largest absolute Gasteiger partial charge is 0.508 e. The molecule has 7 aliphatic rings. The Labute approximate surface area is 405 Å². The number of nitrogens with zero attached hydrogens (tertiary/aromatic N) is 8. The fraction of sp³-hybridized carbons (Fsp3) is 0.481. The van der Waals surface area contributed by atoms with Gasteiger partial charge >= 0.3 is 12.1 Å². The number of imide groups is 1. The van der Waals surface area contributed by atoms with Crippen molar-refractivity contribution in [3.63, 3.8) is 0 Å². The van der Waals surface area contributed by atoms with Crippen molar-refractivity contribution in [1.82, 2.24) is 40.3 Å². The number of methoxy groups -OCH3 is 1. The first-order chi connectivity index (χ1) is 34.0. The van der Waals surface area contributed by atoms with Gasteiger partial charge in [0.2, 0.25) is 11.8 Å². The lowest BCUT2D eigenvalue weighted by Crippen LogP contribution is -2.52. The van der Waals surface area contributed by atoms with Crippen LogP contribution < -0.4 is 25.2 Å². The highest BCUT2D eigenvalue weighted by Gasteiger charge is 2.41. The summed E-state index contributed by atoms with van der Waals surface area (Å²) >= 11 is 0. The summed E-state index contributed by atoms with van der Waals surface area (Å²) in [5, 5.41) is 18.6. The number of nitrogens with one attached hydrogen (secondary N) is 2. The number of piperazine rings is 2. The van der Waals surface area contributed by atoms with E-state index in [-0.39, 0.29) is 47.3 Å². The highest BCUT2D eigenvalue weighted by atomic mass is 19.1. The summed E-state index contributed by atoms with van der Waals surface area (Å²) in [7, 11) is 1.49. The minimum atomic E-state index is -0.610. The van der Waals surface area contributed by atoms with Crippen molar-refractivity contribution in [2.45, 2.75) is 101 Å². The van der Waals surface area contributed by atoms with E-state index in [1.807, 2.05) is 36.4 Å². The summed E-state index contributed by atoms with van der Waals surface area (Å²) in [6.45, 7) is 8.19. The SMILES string of the molecule is CCc1cccc2cc(O)cc(-c3ncc4c(N5CC6CCC(C5)N6)nc(OC)nc4c3F)c12.O=C1CCC(N2Cc3cc(N4CCN(C(=O)OCC5CCC6CCCN65)CC4)ccc3C2=O)C(=O)N1. The van der Waals surface area contributed by atoms with E-state index in [4.69, 9.17) is 9.47 Å². The molecular formula is C52H59FN10O7. The van der Waals surface area contributed by atoms with Crippen molar-refractivity contribution in [3.8, 4) is 23.0 Å². The highest BCUT2D eigenvalue weighted by Crippen LogP contribution is 2.40. The molecule has 6 saturated heterocycles. The zero-order valence-electron chi connectivity index (χ0n) is 39.7. The van der Waals surface area contributed by atoms with Gasteiger partial charge in [0.15, 0.2) is 5.82 Å². The number of benzene rings is 3. The van der Waals surface area contributed by atoms with E-state index in [0.717, 1.165) is 72.9 Å². The number of amides is 4. The lowest BCUT2D eigenvalue weighted by atomic mass is 9.95. The number of ether oxygens (including phenoxy) is 2. The molecule has 0 aliphatic carbocycles. The molecule has 4 amide bonds. The average molecular weight is 955 g/mol. The molecule has 12 rings (SSSR count). The summed E-state index contributed by atoms with van der Waals surface area (Å²) < 4.78 is 27.2. The van der Waals surface area contributed by atoms with E-state index in [0.29, 0.717) is 92.2 Å². The first-order valence-electron chi connectivity index (χ1n) is 24.9. The summed E-state index contributed by atoms with van der Waals surface area (Å²) in [4.78, 5) is 73.2. The van der Waals surface area contributed by atoms with Crippen molar-refractivity contribution in [1.29, 1.82) is 0 Å². The number of halogens is 1. The second-order valence-corrected chi connectivity index (χ2v) is 19.7. The number of carbonyl (C=O) groups excluding carboxylic acids is 4. The van der Waals surface area contributed by atoms with Crippen LogP contribution in [0.1, 0.15) is 79.8 Å². The fourth-order valence-corrected chi connectivity index (χ4v) is 12.0. The number of aryl methyl sites for hydroxylation is 1. The summed E-state index contributed by atoms with van der Waals surface area (Å²) in [6.07, 6.45) is 9.92. The van der Waals surface area contributed by atoms with Gasteiger partial charge in [-0.3, -0.25) is 29.6 Å². The van der Waals surface area contributed by atoms with Crippen molar-refractivity contribution < 1.29 is 38.1 Å². The summed E-state index contributed by atoms with van der Waals surface area (Å²) in [5.41, 5.74) is 4.44. The normalized spacial score (nSPS) is 24.2. The van der Waals surface area contributed by atoms with Crippen LogP contribution in [0.25, 0.3) is 32.9 Å². The Morgan fingerprint density at radius 1 is 0.900 bits per heavy atom. The van der Waals surface area contributed by atoms with E-state index in [9.17, 15) is 24.3 Å². The number of rotatable bonds is 8. The molecule has 5 aromatic rings. The van der Waals surface area contributed by atoms with E-state index in [1.165, 1.54) is 26.4 Å². The molecule has 0 radical (unpaired) electrons. The number of aromatic nitrogens is 3. The van der Waals surface area contributed by atoms with Crippen LogP contribution in [0.3, 0.4) is 0 Å². The average Bonchev–Trinajstić information content (AvgIpc) is 4.16. The van der Waals surface area contributed by atoms with E-state index >= 15 is 4.39 Å². The summed E-state index contributed by atoms with van der Waals surface area (Å²) in [6, 6.07) is 16.3. The van der Waals surface area contributed by atoms with Gasteiger partial charge in [-0.25, -0.2) is 9.18 Å². The van der Waals surface area contributed by atoms with Gasteiger partial charge in [0, 0.05) is 99.4 Å². The number of hydrogen-bond donors (Lipinski definition) is 3. The number of phenols is 1. The zero-order valence-corrected chi connectivity index (χ0v) is 39.7. The maximum Gasteiger partial charge on any atom is 0.409 e. The first kappa shape index (κ1) is 45.8. The third kappa shape index (κ3) is 8.58. The Morgan fingerprint density at radius 2 is 1.71 bits per heavy atom. The molecule has 6 fully saturated rings. The molecule has 3 N–H and O–H groups in total. The second-order valence-electron chi connectivity index (χ2n) is 19.7. The van der Waals surface area contributed by atoms with Crippen LogP contribution in [0, 0.1) is 5.82 Å². The van der Waals surface area contributed by atoms with Gasteiger partial charge in [-0.1, -0.05) is 25.1 Å². The van der Waals surface area contributed by atoms with Crippen LogP contribution >= 0.6 is 0 Å². The quantitative estimate of drug-likeness (QED) is 0.165. The zero-order chi connectivity index (χ0) is 48.2. The first-order valence-corrected chi connectivity index (χ1v) is 24.9. The number of pyridine rings is 1. The molecule has 0 spiro atoms. The number of piperidine rings is 1. The highest BCUT2D eigenvalue weighted by molar-refractivity contribution is 6.06. The van der Waals surface area contributed by atoms with Crippen LogP contribution in [0.5, 0.6) is 11.8 Å². The molecule has 5 atom stereocenters. The Kier molecular flexibility index (Phi) is 12.4. The van der Waals surface area contributed by atoms with Gasteiger partial charge in [-0.15, -0.1) is 0 Å². The molecule has 17 nitrogen and oxygen atoms in total. The van der Waals surface area contributed by atoms with Crippen molar-refractivity contribution in [2.24, 2.45) is 0 Å².